The van der Waals surface area contributed by atoms with Crippen molar-refractivity contribution in [1.82, 2.24) is 24.8 Å². The van der Waals surface area contributed by atoms with Gasteiger partial charge < -0.3 is 9.80 Å². The molecule has 7 nitrogen and oxygen atoms in total. The van der Waals surface area contributed by atoms with Gasteiger partial charge >= 0.3 is 0 Å². The fourth-order valence-corrected chi connectivity index (χ4v) is 4.00. The van der Waals surface area contributed by atoms with Crippen molar-refractivity contribution in [1.29, 1.82) is 0 Å². The first-order valence-electron chi connectivity index (χ1n) is 9.53. The molecule has 28 heavy (non-hydrogen) atoms. The summed E-state index contributed by atoms with van der Waals surface area (Å²) in [5.74, 6) is -0.247. The molecule has 1 aromatic heterocycles. The maximum Gasteiger partial charge on any atom is 0.275 e. The number of aromatic nitrogens is 3. The third-order valence-electron chi connectivity index (χ3n) is 5.67. The number of carbonyl (C=O) groups is 2. The monoisotopic (exact) mass is 385 g/mol. The lowest BCUT2D eigenvalue weighted by molar-refractivity contribution is -0.135. The number of benzene rings is 1. The molecule has 2 amide bonds. The molecule has 0 bridgehead atoms. The maximum absolute atomic E-state index is 14.2. The van der Waals surface area contributed by atoms with Crippen LogP contribution in [0.25, 0.3) is 0 Å². The highest BCUT2D eigenvalue weighted by atomic mass is 19.1. The highest BCUT2D eigenvalue weighted by molar-refractivity contribution is 5.92. The molecule has 2 aliphatic rings. The van der Waals surface area contributed by atoms with E-state index in [1.165, 1.54) is 9.58 Å². The summed E-state index contributed by atoms with van der Waals surface area (Å²) in [4.78, 5) is 28.4. The lowest BCUT2D eigenvalue weighted by Crippen LogP contribution is -2.44. The van der Waals surface area contributed by atoms with Gasteiger partial charge in [0.2, 0.25) is 5.91 Å². The molecule has 2 fully saturated rings. The Labute approximate surface area is 163 Å². The highest BCUT2D eigenvalue weighted by Gasteiger charge is 2.55. The number of rotatable bonds is 5. The number of carbonyl (C=O) groups excluding carboxylic acids is 2. The molecular formula is C20H24FN5O2. The Morgan fingerprint density at radius 1 is 1.25 bits per heavy atom. The van der Waals surface area contributed by atoms with Gasteiger partial charge in [-0.05, 0) is 18.4 Å². The molecule has 2 atom stereocenters. The summed E-state index contributed by atoms with van der Waals surface area (Å²) in [7, 11) is 3.29. The second-order valence-corrected chi connectivity index (χ2v) is 7.92. The zero-order valence-corrected chi connectivity index (χ0v) is 16.1. The van der Waals surface area contributed by atoms with E-state index in [2.05, 4.69) is 10.3 Å². The van der Waals surface area contributed by atoms with E-state index in [1.807, 2.05) is 30.3 Å². The van der Waals surface area contributed by atoms with Crippen LogP contribution in [0.5, 0.6) is 0 Å². The Kier molecular flexibility index (Phi) is 4.64. The van der Waals surface area contributed by atoms with Crippen molar-refractivity contribution in [2.24, 2.45) is 0 Å². The van der Waals surface area contributed by atoms with Crippen molar-refractivity contribution < 1.29 is 14.0 Å². The topological polar surface area (TPSA) is 71.3 Å². The van der Waals surface area contributed by atoms with Gasteiger partial charge in [0.25, 0.3) is 5.91 Å². The molecule has 1 aliphatic carbocycles. The first kappa shape index (κ1) is 18.6. The van der Waals surface area contributed by atoms with Crippen LogP contribution in [-0.2, 0) is 16.8 Å². The van der Waals surface area contributed by atoms with Crippen LogP contribution < -0.4 is 0 Å². The molecule has 0 radical (unpaired) electrons. The van der Waals surface area contributed by atoms with E-state index in [9.17, 15) is 14.0 Å². The number of hydrogen-bond donors (Lipinski definition) is 0. The van der Waals surface area contributed by atoms with Crippen molar-refractivity contribution in [2.75, 3.05) is 20.6 Å². The molecule has 148 valence electrons. The van der Waals surface area contributed by atoms with Gasteiger partial charge in [0.1, 0.15) is 6.17 Å². The molecule has 0 N–H and O–H groups in total. The zero-order chi connectivity index (χ0) is 19.9. The van der Waals surface area contributed by atoms with E-state index in [4.69, 9.17) is 0 Å². The maximum atomic E-state index is 14.2. The molecule has 2 aromatic rings. The second-order valence-electron chi connectivity index (χ2n) is 7.92. The van der Waals surface area contributed by atoms with Crippen molar-refractivity contribution in [3.63, 3.8) is 0 Å². The molecule has 8 heteroatoms. The van der Waals surface area contributed by atoms with E-state index in [0.29, 0.717) is 6.54 Å². The number of halogens is 1. The molecule has 2 heterocycles. The first-order chi connectivity index (χ1) is 13.4. The average molecular weight is 385 g/mol. The number of alkyl halides is 1. The van der Waals surface area contributed by atoms with Crippen LogP contribution in [0.15, 0.2) is 36.5 Å². The fourth-order valence-electron chi connectivity index (χ4n) is 4.00. The normalized spacial score (nSPS) is 22.9. The molecule has 1 aliphatic heterocycles. The van der Waals surface area contributed by atoms with Gasteiger partial charge in [-0.15, -0.1) is 5.10 Å². The number of likely N-dealkylation sites (tertiary alicyclic amines) is 1. The lowest BCUT2D eigenvalue weighted by atomic mass is 9.94. The van der Waals surface area contributed by atoms with E-state index in [1.54, 1.807) is 25.2 Å². The average Bonchev–Trinajstić information content (AvgIpc) is 3.24. The van der Waals surface area contributed by atoms with Crippen LogP contribution in [0, 0.1) is 0 Å². The third-order valence-corrected chi connectivity index (χ3v) is 5.67. The van der Waals surface area contributed by atoms with Crippen LogP contribution >= 0.6 is 0 Å². The van der Waals surface area contributed by atoms with Crippen LogP contribution in [0.2, 0.25) is 0 Å². The molecular weight excluding hydrogens is 361 g/mol. The van der Waals surface area contributed by atoms with Crippen LogP contribution in [0.1, 0.15) is 35.3 Å². The number of nitrogens with zero attached hydrogens (tertiary/aromatic N) is 5. The van der Waals surface area contributed by atoms with Crippen molar-refractivity contribution in [3.8, 4) is 0 Å². The Morgan fingerprint density at radius 3 is 2.61 bits per heavy atom. The molecule has 1 aromatic carbocycles. The van der Waals surface area contributed by atoms with E-state index in [0.717, 1.165) is 18.4 Å². The van der Waals surface area contributed by atoms with Crippen LogP contribution in [-0.4, -0.2) is 69.5 Å². The summed E-state index contributed by atoms with van der Waals surface area (Å²) in [6.07, 6.45) is 2.36. The van der Waals surface area contributed by atoms with Gasteiger partial charge in [-0.3, -0.25) is 9.59 Å². The minimum atomic E-state index is -1.05. The predicted octanol–water partition coefficient (Wildman–Crippen LogP) is 1.65. The minimum absolute atomic E-state index is 0.00597. The zero-order valence-electron chi connectivity index (χ0n) is 16.1. The van der Waals surface area contributed by atoms with E-state index in [-0.39, 0.29) is 36.5 Å². The van der Waals surface area contributed by atoms with Crippen molar-refractivity contribution in [2.45, 2.75) is 43.4 Å². The van der Waals surface area contributed by atoms with Crippen LogP contribution in [0.4, 0.5) is 4.39 Å². The third kappa shape index (κ3) is 3.27. The standard InChI is InChI=1S/C20H24FN5O2/c1-24(2)18(27)17-13-25(23-22-17)12-16-10-15(21)11-26(16)19(28)20(8-9-20)14-6-4-3-5-7-14/h3-7,13,15-16H,8-12H2,1-2H3/t15-,16-/m0/s1. The summed E-state index contributed by atoms with van der Waals surface area (Å²) >= 11 is 0. The van der Waals surface area contributed by atoms with Gasteiger partial charge in [0.15, 0.2) is 5.69 Å². The predicted molar refractivity (Wildman–Crippen MR) is 100 cm³/mol. The van der Waals surface area contributed by atoms with Gasteiger partial charge in [-0.1, -0.05) is 35.5 Å². The van der Waals surface area contributed by atoms with Gasteiger partial charge in [0.05, 0.1) is 30.7 Å². The molecule has 1 saturated heterocycles. The van der Waals surface area contributed by atoms with Crippen molar-refractivity contribution in [3.05, 3.63) is 47.8 Å². The van der Waals surface area contributed by atoms with Gasteiger partial charge in [0, 0.05) is 20.5 Å². The van der Waals surface area contributed by atoms with Gasteiger partial charge in [-0.25, -0.2) is 9.07 Å². The summed E-state index contributed by atoms with van der Waals surface area (Å²) in [6, 6.07) is 9.44. The highest BCUT2D eigenvalue weighted by Crippen LogP contribution is 2.50. The van der Waals surface area contributed by atoms with Crippen LogP contribution in [0.3, 0.4) is 0 Å². The first-order valence-corrected chi connectivity index (χ1v) is 9.53. The largest absolute Gasteiger partial charge is 0.343 e. The molecule has 0 unspecified atom stereocenters. The Morgan fingerprint density at radius 2 is 1.96 bits per heavy atom. The summed E-state index contributed by atoms with van der Waals surface area (Å²) in [5.41, 5.74) is 0.721. The lowest BCUT2D eigenvalue weighted by Gasteiger charge is -2.28. The molecule has 4 rings (SSSR count). The summed E-state index contributed by atoms with van der Waals surface area (Å²) in [5, 5.41) is 7.90. The van der Waals surface area contributed by atoms with E-state index >= 15 is 0 Å². The molecule has 0 spiro atoms. The Bertz CT molecular complexity index is 878. The summed E-state index contributed by atoms with van der Waals surface area (Å²) < 4.78 is 15.8. The van der Waals surface area contributed by atoms with Crippen molar-refractivity contribution >= 4 is 11.8 Å². The Hall–Kier alpha value is -2.77. The number of amides is 2. The van der Waals surface area contributed by atoms with Gasteiger partial charge in [-0.2, -0.15) is 0 Å². The number of hydrogen-bond acceptors (Lipinski definition) is 4. The smallest absolute Gasteiger partial charge is 0.275 e. The SMILES string of the molecule is CN(C)C(=O)c1cn(C[C@@H]2C[C@H](F)CN2C(=O)C2(c3ccccc3)CC2)nn1. The second kappa shape index (κ2) is 7.00. The quantitative estimate of drug-likeness (QED) is 0.785. The fraction of sp³-hybridized carbons (Fsp3) is 0.500. The minimum Gasteiger partial charge on any atom is -0.343 e. The van der Waals surface area contributed by atoms with E-state index < -0.39 is 11.6 Å². The summed E-state index contributed by atoms with van der Waals surface area (Å²) in [6.45, 7) is 0.432. The Balaban J connectivity index is 1.52. The molecule has 1 saturated carbocycles.